The molecular formula is C19H25N7. The SMILES string of the molecule is CC(C)(C)c1ccc2nnc(C3CCN(Cc4ccnnc4)CC3)n2n1. The van der Waals surface area contributed by atoms with E-state index < -0.39 is 0 Å². The van der Waals surface area contributed by atoms with Gasteiger partial charge in [0.1, 0.15) is 0 Å². The molecule has 0 radical (unpaired) electrons. The summed E-state index contributed by atoms with van der Waals surface area (Å²) >= 11 is 0. The van der Waals surface area contributed by atoms with Crippen molar-refractivity contribution in [2.24, 2.45) is 0 Å². The van der Waals surface area contributed by atoms with Crippen molar-refractivity contribution in [3.05, 3.63) is 47.7 Å². The number of nitrogens with zero attached hydrogens (tertiary/aromatic N) is 7. The lowest BCUT2D eigenvalue weighted by molar-refractivity contribution is 0.200. The summed E-state index contributed by atoms with van der Waals surface area (Å²) in [7, 11) is 0. The van der Waals surface area contributed by atoms with Gasteiger partial charge in [-0.1, -0.05) is 20.8 Å². The van der Waals surface area contributed by atoms with Gasteiger partial charge in [0.05, 0.1) is 11.9 Å². The topological polar surface area (TPSA) is 72.1 Å². The van der Waals surface area contributed by atoms with Gasteiger partial charge in [-0.25, -0.2) is 0 Å². The van der Waals surface area contributed by atoms with Gasteiger partial charge in [0, 0.05) is 24.1 Å². The maximum absolute atomic E-state index is 4.83. The van der Waals surface area contributed by atoms with Crippen molar-refractivity contribution in [3.63, 3.8) is 0 Å². The fourth-order valence-corrected chi connectivity index (χ4v) is 3.48. The monoisotopic (exact) mass is 351 g/mol. The summed E-state index contributed by atoms with van der Waals surface area (Å²) in [6, 6.07) is 6.11. The summed E-state index contributed by atoms with van der Waals surface area (Å²) in [6.45, 7) is 9.55. The number of hydrogen-bond donors (Lipinski definition) is 0. The van der Waals surface area contributed by atoms with Gasteiger partial charge in [-0.05, 0) is 49.7 Å². The van der Waals surface area contributed by atoms with E-state index in [-0.39, 0.29) is 5.41 Å². The van der Waals surface area contributed by atoms with E-state index in [0.29, 0.717) is 5.92 Å². The molecule has 0 unspecified atom stereocenters. The third-order valence-electron chi connectivity index (χ3n) is 5.06. The molecule has 1 aliphatic heterocycles. The average molecular weight is 351 g/mol. The molecule has 0 amide bonds. The predicted molar refractivity (Wildman–Crippen MR) is 98.8 cm³/mol. The summed E-state index contributed by atoms with van der Waals surface area (Å²) in [5.74, 6) is 1.40. The highest BCUT2D eigenvalue weighted by Crippen LogP contribution is 2.28. The van der Waals surface area contributed by atoms with Gasteiger partial charge in [0.2, 0.25) is 0 Å². The van der Waals surface area contributed by atoms with Crippen LogP contribution >= 0.6 is 0 Å². The summed E-state index contributed by atoms with van der Waals surface area (Å²) in [5.41, 5.74) is 3.12. The molecular weight excluding hydrogens is 326 g/mol. The van der Waals surface area contributed by atoms with Gasteiger partial charge < -0.3 is 0 Å². The number of likely N-dealkylation sites (tertiary alicyclic amines) is 1. The second kappa shape index (κ2) is 6.72. The first-order chi connectivity index (χ1) is 12.5. The first kappa shape index (κ1) is 17.0. The van der Waals surface area contributed by atoms with Crippen molar-refractivity contribution < 1.29 is 0 Å². The number of rotatable bonds is 3. The lowest BCUT2D eigenvalue weighted by Crippen LogP contribution is -2.33. The Morgan fingerprint density at radius 1 is 1.04 bits per heavy atom. The lowest BCUT2D eigenvalue weighted by atomic mass is 9.92. The maximum atomic E-state index is 4.83. The molecule has 1 fully saturated rings. The van der Waals surface area contributed by atoms with Gasteiger partial charge in [-0.15, -0.1) is 10.2 Å². The van der Waals surface area contributed by atoms with Crippen LogP contribution in [0.4, 0.5) is 0 Å². The fraction of sp³-hybridized carbons (Fsp3) is 0.526. The molecule has 0 saturated carbocycles. The Kier molecular flexibility index (Phi) is 4.40. The van der Waals surface area contributed by atoms with Crippen molar-refractivity contribution in [2.45, 2.75) is 51.5 Å². The van der Waals surface area contributed by atoms with Crippen LogP contribution < -0.4 is 0 Å². The number of aromatic nitrogens is 6. The molecule has 7 nitrogen and oxygen atoms in total. The fourth-order valence-electron chi connectivity index (χ4n) is 3.48. The molecule has 0 atom stereocenters. The lowest BCUT2D eigenvalue weighted by Gasteiger charge is -2.31. The molecule has 1 saturated heterocycles. The Balaban J connectivity index is 1.49. The average Bonchev–Trinajstić information content (AvgIpc) is 3.06. The molecule has 1 aliphatic rings. The van der Waals surface area contributed by atoms with Gasteiger partial charge in [0.25, 0.3) is 0 Å². The van der Waals surface area contributed by atoms with Crippen molar-refractivity contribution in [2.75, 3.05) is 13.1 Å². The highest BCUT2D eigenvalue weighted by atomic mass is 15.4. The Morgan fingerprint density at radius 3 is 2.54 bits per heavy atom. The van der Waals surface area contributed by atoms with E-state index >= 15 is 0 Å². The highest BCUT2D eigenvalue weighted by Gasteiger charge is 2.26. The molecule has 136 valence electrons. The highest BCUT2D eigenvalue weighted by molar-refractivity contribution is 5.37. The quantitative estimate of drug-likeness (QED) is 0.722. The second-order valence-corrected chi connectivity index (χ2v) is 8.10. The molecule has 26 heavy (non-hydrogen) atoms. The van der Waals surface area contributed by atoms with E-state index in [4.69, 9.17) is 5.10 Å². The van der Waals surface area contributed by atoms with Crippen molar-refractivity contribution >= 4 is 5.65 Å². The van der Waals surface area contributed by atoms with Crippen LogP contribution in [0.1, 0.15) is 56.6 Å². The van der Waals surface area contributed by atoms with Gasteiger partial charge in [0.15, 0.2) is 11.5 Å². The van der Waals surface area contributed by atoms with Gasteiger partial charge in [-0.2, -0.15) is 19.8 Å². The Hall–Kier alpha value is -2.41. The molecule has 0 bridgehead atoms. The molecule has 0 aromatic carbocycles. The summed E-state index contributed by atoms with van der Waals surface area (Å²) in [6.07, 6.45) is 5.74. The van der Waals surface area contributed by atoms with E-state index in [0.717, 1.165) is 49.6 Å². The van der Waals surface area contributed by atoms with Crippen LogP contribution in [0.3, 0.4) is 0 Å². The zero-order valence-electron chi connectivity index (χ0n) is 15.6. The van der Waals surface area contributed by atoms with E-state index in [1.54, 1.807) is 6.20 Å². The molecule has 4 heterocycles. The van der Waals surface area contributed by atoms with Crippen LogP contribution in [0.5, 0.6) is 0 Å². The molecule has 4 rings (SSSR count). The molecule has 7 heteroatoms. The minimum absolute atomic E-state index is 0.0116. The number of hydrogen-bond acceptors (Lipinski definition) is 6. The molecule has 0 aliphatic carbocycles. The van der Waals surface area contributed by atoms with E-state index in [9.17, 15) is 0 Å². The van der Waals surface area contributed by atoms with Crippen LogP contribution in [-0.2, 0) is 12.0 Å². The van der Waals surface area contributed by atoms with Crippen LogP contribution in [0.25, 0.3) is 5.65 Å². The van der Waals surface area contributed by atoms with E-state index in [1.807, 2.05) is 22.8 Å². The standard InChI is InChI=1S/C19H25N7/c1-19(2,3)16-4-5-17-22-23-18(26(17)24-16)15-7-10-25(11-8-15)13-14-6-9-20-21-12-14/h4-6,9,12,15H,7-8,10-11,13H2,1-3H3. The largest absolute Gasteiger partial charge is 0.299 e. The van der Waals surface area contributed by atoms with Crippen LogP contribution in [0.15, 0.2) is 30.6 Å². The second-order valence-electron chi connectivity index (χ2n) is 8.10. The van der Waals surface area contributed by atoms with Crippen molar-refractivity contribution in [1.29, 1.82) is 0 Å². The third kappa shape index (κ3) is 3.44. The zero-order valence-corrected chi connectivity index (χ0v) is 15.6. The summed E-state index contributed by atoms with van der Waals surface area (Å²) in [4.78, 5) is 2.46. The van der Waals surface area contributed by atoms with Crippen molar-refractivity contribution in [3.8, 4) is 0 Å². The van der Waals surface area contributed by atoms with Gasteiger partial charge in [-0.3, -0.25) is 4.90 Å². The summed E-state index contributed by atoms with van der Waals surface area (Å²) < 4.78 is 1.95. The minimum Gasteiger partial charge on any atom is -0.299 e. The first-order valence-corrected chi connectivity index (χ1v) is 9.21. The van der Waals surface area contributed by atoms with Crippen molar-refractivity contribution in [1.82, 2.24) is 34.9 Å². The zero-order chi connectivity index (χ0) is 18.1. The van der Waals surface area contributed by atoms with E-state index in [2.05, 4.69) is 52.1 Å². The predicted octanol–water partition coefficient (Wildman–Crippen LogP) is 2.59. The molecule has 0 N–H and O–H groups in total. The van der Waals surface area contributed by atoms with E-state index in [1.165, 1.54) is 5.56 Å². The first-order valence-electron chi connectivity index (χ1n) is 9.21. The van der Waals surface area contributed by atoms with Gasteiger partial charge >= 0.3 is 0 Å². The molecule has 3 aromatic rings. The Labute approximate surface area is 153 Å². The normalized spacial score (nSPS) is 17.0. The van der Waals surface area contributed by atoms with Crippen LogP contribution in [0, 0.1) is 0 Å². The Bertz CT molecular complexity index is 874. The van der Waals surface area contributed by atoms with Crippen LogP contribution in [0.2, 0.25) is 0 Å². The maximum Gasteiger partial charge on any atom is 0.177 e. The molecule has 3 aromatic heterocycles. The smallest absolute Gasteiger partial charge is 0.177 e. The number of fused-ring (bicyclic) bond motifs is 1. The Morgan fingerprint density at radius 2 is 1.85 bits per heavy atom. The van der Waals surface area contributed by atoms with Crippen LogP contribution in [-0.4, -0.2) is 48.0 Å². The minimum atomic E-state index is 0.0116. The summed E-state index contributed by atoms with van der Waals surface area (Å²) in [5, 5.41) is 21.4. The number of piperidine rings is 1. The molecule has 0 spiro atoms. The third-order valence-corrected chi connectivity index (χ3v) is 5.06.